The second-order valence-corrected chi connectivity index (χ2v) is 15.3. The van der Waals surface area contributed by atoms with Crippen molar-refractivity contribution in [3.63, 3.8) is 0 Å². The van der Waals surface area contributed by atoms with Crippen LogP contribution in [0.5, 0.6) is 5.88 Å². The zero-order valence-corrected chi connectivity index (χ0v) is 30.2. The van der Waals surface area contributed by atoms with Crippen LogP contribution in [0.3, 0.4) is 0 Å². The van der Waals surface area contributed by atoms with Crippen LogP contribution in [0, 0.1) is 0 Å². The summed E-state index contributed by atoms with van der Waals surface area (Å²) < 4.78 is 33.5. The summed E-state index contributed by atoms with van der Waals surface area (Å²) in [6.07, 6.45) is 3.01. The lowest BCUT2D eigenvalue weighted by atomic mass is 10.1. The molecule has 1 aliphatic heterocycles. The van der Waals surface area contributed by atoms with Gasteiger partial charge in [0.15, 0.2) is 5.88 Å². The lowest BCUT2D eigenvalue weighted by molar-refractivity contribution is -0.137. The maximum atomic E-state index is 13.5. The van der Waals surface area contributed by atoms with Crippen molar-refractivity contribution in [2.24, 2.45) is 4.99 Å². The minimum Gasteiger partial charge on any atom is -0.494 e. The summed E-state index contributed by atoms with van der Waals surface area (Å²) in [5.41, 5.74) is 1.73. The van der Waals surface area contributed by atoms with Gasteiger partial charge in [0, 0.05) is 70.0 Å². The first kappa shape index (κ1) is 38.2. The molecule has 2 aromatic carbocycles. The molecule has 2 amide bonds. The topological polar surface area (TPSA) is 176 Å². The van der Waals surface area contributed by atoms with E-state index in [1.54, 1.807) is 21.9 Å². The van der Waals surface area contributed by atoms with Crippen LogP contribution in [-0.2, 0) is 24.3 Å². The first-order valence-electron chi connectivity index (χ1n) is 16.8. The Morgan fingerprint density at radius 3 is 2.40 bits per heavy atom. The Kier molecular flexibility index (Phi) is 12.5. The van der Waals surface area contributed by atoms with Crippen molar-refractivity contribution >= 4 is 56.5 Å². The Balaban J connectivity index is 1.47. The van der Waals surface area contributed by atoms with E-state index >= 15 is 0 Å². The van der Waals surface area contributed by atoms with E-state index in [2.05, 4.69) is 14.9 Å². The van der Waals surface area contributed by atoms with Gasteiger partial charge in [0.2, 0.25) is 15.9 Å². The smallest absolute Gasteiger partial charge is 0.410 e. The van der Waals surface area contributed by atoms with E-state index in [1.165, 1.54) is 25.4 Å². The molecule has 3 N–H and O–H groups in total. The number of likely N-dealkylation sites (N-methyl/N-ethyl adjacent to an activating group) is 2. The van der Waals surface area contributed by atoms with Gasteiger partial charge in [-0.15, -0.1) is 0 Å². The molecule has 0 radical (unpaired) electrons. The number of carbonyl (C=O) groups is 3. The number of anilines is 1. The Morgan fingerprint density at radius 1 is 1.04 bits per heavy atom. The van der Waals surface area contributed by atoms with Crippen LogP contribution in [0.15, 0.2) is 52.4 Å². The number of hydrogen-bond donors (Lipinski definition) is 3. The van der Waals surface area contributed by atoms with E-state index in [-0.39, 0.29) is 35.7 Å². The standard InChI is InChI=1S/C35H48N6O8S/c1-6-39(17-9-7-8-16-31(43)44)30(42)24-38(5)50(47,48)26-13-10-12-25(22-26)36-23-27-32-28(37-33(27)45)14-11-15-29(32)40-18-20-41(21-19-40)34(46)49-35(2,3)4/h10-15,22-23,37,45H,6-9,16-21,24H2,1-5H3,(H,43,44). The molecule has 4 rings (SSSR count). The van der Waals surface area contributed by atoms with Gasteiger partial charge in [-0.05, 0) is 70.9 Å². The molecular weight excluding hydrogens is 664 g/mol. The molecule has 1 saturated heterocycles. The molecule has 272 valence electrons. The number of rotatable bonds is 14. The van der Waals surface area contributed by atoms with Gasteiger partial charge in [-0.25, -0.2) is 13.2 Å². The zero-order chi connectivity index (χ0) is 36.6. The van der Waals surface area contributed by atoms with Gasteiger partial charge >= 0.3 is 12.1 Å². The van der Waals surface area contributed by atoms with Crippen LogP contribution in [0.4, 0.5) is 16.2 Å². The molecule has 0 saturated carbocycles. The lowest BCUT2D eigenvalue weighted by Crippen LogP contribution is -2.50. The van der Waals surface area contributed by atoms with Crippen molar-refractivity contribution in [3.8, 4) is 5.88 Å². The lowest BCUT2D eigenvalue weighted by Gasteiger charge is -2.37. The number of piperazine rings is 1. The highest BCUT2D eigenvalue weighted by molar-refractivity contribution is 7.89. The van der Waals surface area contributed by atoms with Crippen molar-refractivity contribution in [1.82, 2.24) is 19.1 Å². The number of aromatic amines is 1. The SMILES string of the molecule is CCN(CCCCCC(=O)O)C(=O)CN(C)S(=O)(=O)c1cccc(N=Cc2c(O)[nH]c3cccc(N4CCN(C(=O)OC(C)(C)C)CC4)c23)c1. The number of benzene rings is 2. The van der Waals surface area contributed by atoms with E-state index in [9.17, 15) is 27.9 Å². The fourth-order valence-electron chi connectivity index (χ4n) is 5.72. The van der Waals surface area contributed by atoms with Crippen molar-refractivity contribution in [1.29, 1.82) is 0 Å². The van der Waals surface area contributed by atoms with Crippen LogP contribution >= 0.6 is 0 Å². The van der Waals surface area contributed by atoms with Gasteiger partial charge in [-0.3, -0.25) is 14.6 Å². The highest BCUT2D eigenvalue weighted by Gasteiger charge is 2.28. The Morgan fingerprint density at radius 2 is 1.74 bits per heavy atom. The number of sulfonamides is 1. The summed E-state index contributed by atoms with van der Waals surface area (Å²) in [6.45, 7) is 9.83. The number of aliphatic carboxylic acids is 1. The molecule has 3 aromatic rings. The monoisotopic (exact) mass is 712 g/mol. The minimum atomic E-state index is -4.05. The molecule has 1 aliphatic rings. The molecule has 15 heteroatoms. The van der Waals surface area contributed by atoms with Crippen LogP contribution < -0.4 is 4.90 Å². The van der Waals surface area contributed by atoms with Crippen molar-refractivity contribution in [3.05, 3.63) is 48.0 Å². The molecule has 0 atom stereocenters. The largest absolute Gasteiger partial charge is 0.494 e. The number of fused-ring (bicyclic) bond motifs is 1. The fraction of sp³-hybridized carbons (Fsp3) is 0.486. The molecule has 0 bridgehead atoms. The van der Waals surface area contributed by atoms with Gasteiger partial charge in [-0.2, -0.15) is 4.31 Å². The predicted molar refractivity (Wildman–Crippen MR) is 192 cm³/mol. The summed E-state index contributed by atoms with van der Waals surface area (Å²) in [7, 11) is -2.70. The van der Waals surface area contributed by atoms with Gasteiger partial charge in [0.25, 0.3) is 0 Å². The number of H-pyrrole nitrogens is 1. The van der Waals surface area contributed by atoms with Crippen molar-refractivity contribution in [2.75, 3.05) is 57.8 Å². The Bertz CT molecular complexity index is 1810. The number of ether oxygens (including phenoxy) is 1. The zero-order valence-electron chi connectivity index (χ0n) is 29.4. The third-order valence-corrected chi connectivity index (χ3v) is 10.2. The van der Waals surface area contributed by atoms with Crippen molar-refractivity contribution in [2.45, 2.75) is 63.9 Å². The third-order valence-electron chi connectivity index (χ3n) is 8.37. The molecule has 14 nitrogen and oxygen atoms in total. The van der Waals surface area contributed by atoms with E-state index < -0.39 is 21.6 Å². The third kappa shape index (κ3) is 9.75. The Hall–Kier alpha value is -4.63. The molecular formula is C35H48N6O8S. The van der Waals surface area contributed by atoms with Crippen LogP contribution in [-0.4, -0.2) is 120 Å². The molecule has 0 aliphatic carbocycles. The molecule has 50 heavy (non-hydrogen) atoms. The van der Waals surface area contributed by atoms with Gasteiger partial charge in [-0.1, -0.05) is 18.6 Å². The number of carbonyl (C=O) groups excluding carboxylic acids is 2. The second-order valence-electron chi connectivity index (χ2n) is 13.2. The maximum Gasteiger partial charge on any atom is 0.410 e. The number of nitrogens with zero attached hydrogens (tertiary/aromatic N) is 5. The van der Waals surface area contributed by atoms with E-state index in [1.807, 2.05) is 45.9 Å². The quantitative estimate of drug-likeness (QED) is 0.157. The van der Waals surface area contributed by atoms with E-state index in [4.69, 9.17) is 9.84 Å². The highest BCUT2D eigenvalue weighted by Crippen LogP contribution is 2.35. The summed E-state index contributed by atoms with van der Waals surface area (Å²) in [6, 6.07) is 11.7. The minimum absolute atomic E-state index is 0.0362. The summed E-state index contributed by atoms with van der Waals surface area (Å²) in [5.74, 6) is -1.29. The molecule has 0 unspecified atom stereocenters. The number of aromatic nitrogens is 1. The summed E-state index contributed by atoms with van der Waals surface area (Å²) >= 11 is 0. The van der Waals surface area contributed by atoms with E-state index in [0.29, 0.717) is 75.3 Å². The number of nitrogens with one attached hydrogen (secondary N) is 1. The highest BCUT2D eigenvalue weighted by atomic mass is 32.2. The number of hydrogen-bond acceptors (Lipinski definition) is 9. The number of carboxylic acids is 1. The van der Waals surface area contributed by atoms with Crippen LogP contribution in [0.25, 0.3) is 10.9 Å². The molecule has 1 fully saturated rings. The fourth-order valence-corrected chi connectivity index (χ4v) is 6.88. The maximum absolute atomic E-state index is 13.5. The number of aromatic hydroxyl groups is 1. The van der Waals surface area contributed by atoms with Gasteiger partial charge in [0.05, 0.1) is 28.2 Å². The number of unbranched alkanes of at least 4 members (excludes halogenated alkanes) is 2. The normalized spacial score (nSPS) is 14.1. The molecule has 2 heterocycles. The first-order chi connectivity index (χ1) is 23.6. The second kappa shape index (κ2) is 16.4. The Labute approximate surface area is 293 Å². The summed E-state index contributed by atoms with van der Waals surface area (Å²) in [4.78, 5) is 49.1. The number of aliphatic imine (C=N–C) groups is 1. The predicted octanol–water partition coefficient (Wildman–Crippen LogP) is 4.80. The number of carboxylic acid groups (broad SMARTS) is 1. The van der Waals surface area contributed by atoms with Crippen LogP contribution in [0.1, 0.15) is 58.9 Å². The van der Waals surface area contributed by atoms with Crippen LogP contribution in [0.2, 0.25) is 0 Å². The van der Waals surface area contributed by atoms with Gasteiger partial charge in [0.1, 0.15) is 5.60 Å². The first-order valence-corrected chi connectivity index (χ1v) is 18.2. The number of amides is 2. The van der Waals surface area contributed by atoms with Gasteiger partial charge < -0.3 is 34.6 Å². The average molecular weight is 713 g/mol. The average Bonchev–Trinajstić information content (AvgIpc) is 3.39. The van der Waals surface area contributed by atoms with Crippen molar-refractivity contribution < 1.29 is 37.8 Å². The molecule has 0 spiro atoms. The van der Waals surface area contributed by atoms with E-state index in [0.717, 1.165) is 15.4 Å². The summed E-state index contributed by atoms with van der Waals surface area (Å²) in [5, 5.41) is 20.4. The molecule has 1 aromatic heterocycles.